The van der Waals surface area contributed by atoms with E-state index in [0.717, 1.165) is 15.8 Å². The third-order valence-electron chi connectivity index (χ3n) is 5.66. The highest BCUT2D eigenvalue weighted by Crippen LogP contribution is 2.44. The number of aliphatic hydroxyl groups is 1. The lowest BCUT2D eigenvalue weighted by Crippen LogP contribution is -2.29. The first-order valence-corrected chi connectivity index (χ1v) is 12.1. The van der Waals surface area contributed by atoms with E-state index in [2.05, 4.69) is 20.9 Å². The van der Waals surface area contributed by atoms with Crippen LogP contribution < -0.4 is 9.64 Å². The number of hydrogen-bond donors (Lipinski definition) is 1. The third kappa shape index (κ3) is 4.35. The molecule has 180 valence electrons. The summed E-state index contributed by atoms with van der Waals surface area (Å²) in [5, 5.41) is 11.5. The molecule has 0 spiro atoms. The van der Waals surface area contributed by atoms with E-state index in [1.165, 1.54) is 19.1 Å². The van der Waals surface area contributed by atoms with Crippen molar-refractivity contribution >= 4 is 55.8 Å². The number of ether oxygens (including phenoxy) is 2. The summed E-state index contributed by atoms with van der Waals surface area (Å²) in [4.78, 5) is 44.6. The number of rotatable bonds is 5. The molecule has 0 radical (unpaired) electrons. The summed E-state index contributed by atoms with van der Waals surface area (Å²) in [7, 11) is 2.79. The van der Waals surface area contributed by atoms with Gasteiger partial charge in [0.15, 0.2) is 5.13 Å². The predicted octanol–water partition coefficient (Wildman–Crippen LogP) is 4.94. The molecule has 1 atom stereocenters. The Kier molecular flexibility index (Phi) is 6.77. The molecule has 1 saturated heterocycles. The fraction of sp³-hybridized carbons (Fsp3) is 0.200. The van der Waals surface area contributed by atoms with Gasteiger partial charge in [0.2, 0.25) is 0 Å². The lowest BCUT2D eigenvalue weighted by Gasteiger charge is -2.23. The Labute approximate surface area is 213 Å². The van der Waals surface area contributed by atoms with Gasteiger partial charge in [-0.15, -0.1) is 0 Å². The molecule has 2 aromatic carbocycles. The second-order valence-corrected chi connectivity index (χ2v) is 9.70. The molecule has 0 unspecified atom stereocenters. The third-order valence-corrected chi connectivity index (χ3v) is 7.29. The van der Waals surface area contributed by atoms with Crippen molar-refractivity contribution in [3.8, 4) is 5.75 Å². The van der Waals surface area contributed by atoms with Crippen molar-refractivity contribution in [2.45, 2.75) is 19.9 Å². The van der Waals surface area contributed by atoms with Crippen LogP contribution in [0.1, 0.15) is 38.1 Å². The predicted molar refractivity (Wildman–Crippen MR) is 135 cm³/mol. The van der Waals surface area contributed by atoms with Crippen molar-refractivity contribution in [2.75, 3.05) is 19.1 Å². The van der Waals surface area contributed by atoms with Crippen LogP contribution in [0.15, 0.2) is 52.5 Å². The number of aryl methyl sites for hydroxylation is 2. The molecule has 0 saturated carbocycles. The summed E-state index contributed by atoms with van der Waals surface area (Å²) < 4.78 is 10.8. The van der Waals surface area contributed by atoms with Crippen LogP contribution in [0.2, 0.25) is 0 Å². The molecule has 1 aromatic heterocycles. The Morgan fingerprint density at radius 3 is 2.51 bits per heavy atom. The zero-order valence-electron chi connectivity index (χ0n) is 19.3. The molecule has 1 aliphatic rings. The Morgan fingerprint density at radius 2 is 1.89 bits per heavy atom. The average Bonchev–Trinajstić information content (AvgIpc) is 3.34. The molecular formula is C25H21BrN2O6S. The molecule has 3 aromatic rings. The number of carbonyl (C=O) groups excluding carboxylic acids is 3. The molecule has 4 rings (SSSR count). The molecule has 0 aliphatic carbocycles. The van der Waals surface area contributed by atoms with E-state index in [4.69, 9.17) is 9.47 Å². The van der Waals surface area contributed by atoms with Crippen molar-refractivity contribution < 1.29 is 29.0 Å². The molecule has 10 heteroatoms. The van der Waals surface area contributed by atoms with Crippen LogP contribution in [0.5, 0.6) is 5.75 Å². The lowest BCUT2D eigenvalue weighted by molar-refractivity contribution is -0.132. The number of aliphatic hydroxyl groups excluding tert-OH is 1. The second-order valence-electron chi connectivity index (χ2n) is 7.81. The van der Waals surface area contributed by atoms with Crippen LogP contribution in [-0.2, 0) is 14.3 Å². The van der Waals surface area contributed by atoms with E-state index in [1.54, 1.807) is 50.2 Å². The van der Waals surface area contributed by atoms with Gasteiger partial charge in [-0.05, 0) is 55.3 Å². The highest BCUT2D eigenvalue weighted by atomic mass is 79.9. The fourth-order valence-electron chi connectivity index (χ4n) is 3.96. The number of Topliss-reactive ketones (excluding diaryl/α,β-unsaturated/α-hetero) is 1. The molecular weight excluding hydrogens is 536 g/mol. The quantitative estimate of drug-likeness (QED) is 0.205. The van der Waals surface area contributed by atoms with Gasteiger partial charge in [0, 0.05) is 10.0 Å². The number of thiazole rings is 1. The standard InChI is InChI=1S/C25H21BrN2O6S/c1-12-10-16(33-3)8-9-17(12)20(29)18-19(14-6-5-7-15(26)11-14)28(23(31)21(18)30)25-27-13(2)22(35-25)24(32)34-4/h5-11,19,29H,1-4H3/t19-/m0/s1. The van der Waals surface area contributed by atoms with E-state index in [1.807, 2.05) is 6.07 Å². The first kappa shape index (κ1) is 24.6. The van der Waals surface area contributed by atoms with E-state index in [-0.39, 0.29) is 21.3 Å². The summed E-state index contributed by atoms with van der Waals surface area (Å²) in [5.41, 5.74) is 1.94. The van der Waals surface area contributed by atoms with Crippen LogP contribution in [-0.4, -0.2) is 42.0 Å². The number of benzene rings is 2. The number of halogens is 1. The normalized spacial score (nSPS) is 17.1. The zero-order chi connectivity index (χ0) is 25.4. The summed E-state index contributed by atoms with van der Waals surface area (Å²) in [6, 6.07) is 11.2. The number of aromatic nitrogens is 1. The number of anilines is 1. The number of methoxy groups -OCH3 is 2. The van der Waals surface area contributed by atoms with Gasteiger partial charge in [-0.2, -0.15) is 0 Å². The van der Waals surface area contributed by atoms with Crippen LogP contribution >= 0.6 is 27.3 Å². The van der Waals surface area contributed by atoms with Crippen molar-refractivity contribution in [1.82, 2.24) is 4.98 Å². The van der Waals surface area contributed by atoms with Gasteiger partial charge in [-0.3, -0.25) is 14.5 Å². The maximum Gasteiger partial charge on any atom is 0.350 e. The van der Waals surface area contributed by atoms with Crippen LogP contribution in [0.25, 0.3) is 5.76 Å². The summed E-state index contributed by atoms with van der Waals surface area (Å²) in [6.07, 6.45) is 0. The number of carbonyl (C=O) groups is 3. The molecule has 1 amide bonds. The largest absolute Gasteiger partial charge is 0.507 e. The molecule has 0 bridgehead atoms. The minimum absolute atomic E-state index is 0.0752. The average molecular weight is 557 g/mol. The van der Waals surface area contributed by atoms with Gasteiger partial charge in [0.05, 0.1) is 31.5 Å². The maximum absolute atomic E-state index is 13.3. The minimum Gasteiger partial charge on any atom is -0.507 e. The van der Waals surface area contributed by atoms with E-state index in [0.29, 0.717) is 28.1 Å². The van der Waals surface area contributed by atoms with Crippen molar-refractivity contribution in [2.24, 2.45) is 0 Å². The van der Waals surface area contributed by atoms with E-state index in [9.17, 15) is 19.5 Å². The van der Waals surface area contributed by atoms with Gasteiger partial charge in [-0.25, -0.2) is 9.78 Å². The summed E-state index contributed by atoms with van der Waals surface area (Å²) in [6.45, 7) is 3.40. The van der Waals surface area contributed by atoms with Gasteiger partial charge in [0.25, 0.3) is 5.78 Å². The van der Waals surface area contributed by atoms with Gasteiger partial charge < -0.3 is 14.6 Å². The molecule has 35 heavy (non-hydrogen) atoms. The Hall–Kier alpha value is -3.50. The number of ketones is 1. The summed E-state index contributed by atoms with van der Waals surface area (Å²) in [5.74, 6) is -2.01. The monoisotopic (exact) mass is 556 g/mol. The number of nitrogens with zero attached hydrogens (tertiary/aromatic N) is 2. The highest BCUT2D eigenvalue weighted by Gasteiger charge is 2.48. The SMILES string of the molecule is COC(=O)c1sc(N2C(=O)C(=O)C(=C(O)c3ccc(OC)cc3C)[C@@H]2c2cccc(Br)c2)nc1C. The van der Waals surface area contributed by atoms with Crippen LogP contribution in [0.3, 0.4) is 0 Å². The maximum atomic E-state index is 13.3. The fourth-order valence-corrected chi connectivity index (χ4v) is 5.39. The van der Waals surface area contributed by atoms with Crippen molar-refractivity contribution in [3.63, 3.8) is 0 Å². The van der Waals surface area contributed by atoms with Crippen molar-refractivity contribution in [1.29, 1.82) is 0 Å². The minimum atomic E-state index is -0.968. The van der Waals surface area contributed by atoms with Gasteiger partial charge in [0.1, 0.15) is 16.4 Å². The first-order valence-electron chi connectivity index (χ1n) is 10.4. The number of amides is 1. The lowest BCUT2D eigenvalue weighted by atomic mass is 9.94. The Bertz CT molecular complexity index is 1400. The van der Waals surface area contributed by atoms with E-state index < -0.39 is 23.7 Å². The van der Waals surface area contributed by atoms with Crippen molar-refractivity contribution in [3.05, 3.63) is 79.8 Å². The topological polar surface area (TPSA) is 106 Å². The Morgan fingerprint density at radius 1 is 1.14 bits per heavy atom. The first-order chi connectivity index (χ1) is 16.7. The van der Waals surface area contributed by atoms with Crippen LogP contribution in [0, 0.1) is 13.8 Å². The molecule has 2 heterocycles. The second kappa shape index (κ2) is 9.63. The number of hydrogen-bond acceptors (Lipinski definition) is 8. The molecule has 8 nitrogen and oxygen atoms in total. The van der Waals surface area contributed by atoms with Gasteiger partial charge in [-0.1, -0.05) is 39.4 Å². The van der Waals surface area contributed by atoms with E-state index >= 15 is 0 Å². The Balaban J connectivity index is 1.95. The van der Waals surface area contributed by atoms with Gasteiger partial charge >= 0.3 is 11.9 Å². The molecule has 1 N–H and O–H groups in total. The number of esters is 1. The molecule has 1 aliphatic heterocycles. The molecule has 1 fully saturated rings. The smallest absolute Gasteiger partial charge is 0.350 e. The summed E-state index contributed by atoms with van der Waals surface area (Å²) >= 11 is 4.38. The van der Waals surface area contributed by atoms with Crippen LogP contribution in [0.4, 0.5) is 5.13 Å². The highest BCUT2D eigenvalue weighted by molar-refractivity contribution is 9.10. The zero-order valence-corrected chi connectivity index (χ0v) is 21.7.